The highest BCUT2D eigenvalue weighted by atomic mass is 35.5. The predicted molar refractivity (Wildman–Crippen MR) is 89.9 cm³/mol. The van der Waals surface area contributed by atoms with E-state index in [-0.39, 0.29) is 12.1 Å². The normalized spacial score (nSPS) is 10.5. The van der Waals surface area contributed by atoms with Crippen LogP contribution >= 0.6 is 11.6 Å². The van der Waals surface area contributed by atoms with Gasteiger partial charge in [-0.3, -0.25) is 4.79 Å². The molecule has 1 heterocycles. The lowest BCUT2D eigenvalue weighted by molar-refractivity contribution is 0.643. The smallest absolute Gasteiger partial charge is 0.267 e. The number of aromatic nitrogens is 2. The Hall–Kier alpha value is -2.79. The number of rotatable bonds is 4. The lowest BCUT2D eigenvalue weighted by Gasteiger charge is -2.07. The number of benzene rings is 2. The first-order valence-corrected chi connectivity index (χ1v) is 7.30. The van der Waals surface area contributed by atoms with Gasteiger partial charge < -0.3 is 0 Å². The predicted octanol–water partition coefficient (Wildman–Crippen LogP) is 4.01. The summed E-state index contributed by atoms with van der Waals surface area (Å²) in [7, 11) is 0. The first-order valence-electron chi connectivity index (χ1n) is 6.92. The second-order valence-corrected chi connectivity index (χ2v) is 5.42. The van der Waals surface area contributed by atoms with Crippen LogP contribution in [0.4, 0.5) is 5.69 Å². The SMILES string of the molecule is O=Nc1cccc(Cn2nc(-c3ccc(Cl)cc3)ccc2=O)c1. The summed E-state index contributed by atoms with van der Waals surface area (Å²) in [6.45, 7) is 0.267. The summed E-state index contributed by atoms with van der Waals surface area (Å²) in [5, 5.41) is 7.91. The van der Waals surface area contributed by atoms with Gasteiger partial charge in [0, 0.05) is 16.7 Å². The molecule has 0 fully saturated rings. The van der Waals surface area contributed by atoms with Crippen LogP contribution in [0.25, 0.3) is 11.3 Å². The van der Waals surface area contributed by atoms with Crippen LogP contribution in [0.5, 0.6) is 0 Å². The van der Waals surface area contributed by atoms with Crippen molar-refractivity contribution >= 4 is 17.3 Å². The molecule has 2 aromatic carbocycles. The third-order valence-corrected chi connectivity index (χ3v) is 3.61. The average molecular weight is 326 g/mol. The molecule has 6 heteroatoms. The second-order valence-electron chi connectivity index (χ2n) is 4.98. The summed E-state index contributed by atoms with van der Waals surface area (Å²) in [6.07, 6.45) is 0. The Balaban J connectivity index is 1.95. The Bertz CT molecular complexity index is 904. The molecular formula is C17H12ClN3O2. The van der Waals surface area contributed by atoms with Gasteiger partial charge >= 0.3 is 0 Å². The van der Waals surface area contributed by atoms with Crippen molar-refractivity contribution in [2.75, 3.05) is 0 Å². The highest BCUT2D eigenvalue weighted by Gasteiger charge is 2.05. The van der Waals surface area contributed by atoms with Gasteiger partial charge in [-0.05, 0) is 41.1 Å². The molecule has 1 aromatic heterocycles. The summed E-state index contributed by atoms with van der Waals surface area (Å²) in [5.74, 6) is 0. The van der Waals surface area contributed by atoms with Gasteiger partial charge in [0.2, 0.25) is 0 Å². The Morgan fingerprint density at radius 1 is 1.04 bits per heavy atom. The first kappa shape index (κ1) is 15.1. The molecule has 0 aliphatic heterocycles. The monoisotopic (exact) mass is 325 g/mol. The van der Waals surface area contributed by atoms with E-state index < -0.39 is 0 Å². The van der Waals surface area contributed by atoms with Crippen molar-refractivity contribution in [1.82, 2.24) is 9.78 Å². The van der Waals surface area contributed by atoms with E-state index in [1.54, 1.807) is 36.4 Å². The molecular weight excluding hydrogens is 314 g/mol. The van der Waals surface area contributed by atoms with Crippen molar-refractivity contribution in [2.24, 2.45) is 5.18 Å². The molecule has 0 atom stereocenters. The maximum Gasteiger partial charge on any atom is 0.267 e. The van der Waals surface area contributed by atoms with Crippen LogP contribution in [0.2, 0.25) is 5.02 Å². The molecule has 0 spiro atoms. The van der Waals surface area contributed by atoms with Crippen LogP contribution in [0.15, 0.2) is 70.6 Å². The number of nitroso groups, excluding NO2 is 1. The number of nitrogens with zero attached hydrogens (tertiary/aromatic N) is 3. The van der Waals surface area contributed by atoms with Crippen molar-refractivity contribution in [3.63, 3.8) is 0 Å². The summed E-state index contributed by atoms with van der Waals surface area (Å²) in [4.78, 5) is 22.6. The summed E-state index contributed by atoms with van der Waals surface area (Å²) in [5.41, 5.74) is 2.43. The molecule has 0 radical (unpaired) electrons. The Labute approximate surface area is 137 Å². The van der Waals surface area contributed by atoms with E-state index in [4.69, 9.17) is 11.6 Å². The van der Waals surface area contributed by atoms with Crippen molar-refractivity contribution in [3.8, 4) is 11.3 Å². The van der Waals surface area contributed by atoms with E-state index in [9.17, 15) is 9.70 Å². The molecule has 23 heavy (non-hydrogen) atoms. The quantitative estimate of drug-likeness (QED) is 0.681. The fraction of sp³-hybridized carbons (Fsp3) is 0.0588. The van der Waals surface area contributed by atoms with Gasteiger partial charge in [-0.25, -0.2) is 4.68 Å². The van der Waals surface area contributed by atoms with E-state index in [1.807, 2.05) is 18.2 Å². The van der Waals surface area contributed by atoms with Crippen LogP contribution in [-0.2, 0) is 6.54 Å². The zero-order valence-electron chi connectivity index (χ0n) is 12.0. The van der Waals surface area contributed by atoms with Crippen molar-refractivity contribution in [2.45, 2.75) is 6.54 Å². The number of hydrogen-bond acceptors (Lipinski definition) is 4. The maximum absolute atomic E-state index is 12.0. The molecule has 3 aromatic rings. The topological polar surface area (TPSA) is 64.3 Å². The fourth-order valence-electron chi connectivity index (χ4n) is 2.22. The summed E-state index contributed by atoms with van der Waals surface area (Å²) >= 11 is 5.88. The van der Waals surface area contributed by atoms with Crippen LogP contribution in [-0.4, -0.2) is 9.78 Å². The fourth-order valence-corrected chi connectivity index (χ4v) is 2.35. The molecule has 0 bridgehead atoms. The van der Waals surface area contributed by atoms with Gasteiger partial charge in [-0.1, -0.05) is 35.9 Å². The van der Waals surface area contributed by atoms with Crippen LogP contribution in [0.3, 0.4) is 0 Å². The number of halogens is 1. The largest absolute Gasteiger partial charge is 0.268 e. The average Bonchev–Trinajstić information content (AvgIpc) is 2.58. The highest BCUT2D eigenvalue weighted by molar-refractivity contribution is 6.30. The first-order chi connectivity index (χ1) is 11.2. The molecule has 0 aliphatic rings. The minimum absolute atomic E-state index is 0.216. The van der Waals surface area contributed by atoms with E-state index in [1.165, 1.54) is 10.7 Å². The third-order valence-electron chi connectivity index (χ3n) is 3.35. The molecule has 0 aliphatic carbocycles. The van der Waals surface area contributed by atoms with Crippen molar-refractivity contribution in [3.05, 3.63) is 86.5 Å². The van der Waals surface area contributed by atoms with Crippen LogP contribution < -0.4 is 5.56 Å². The molecule has 0 saturated carbocycles. The van der Waals surface area contributed by atoms with Gasteiger partial charge in [0.15, 0.2) is 0 Å². The Morgan fingerprint density at radius 2 is 1.83 bits per heavy atom. The van der Waals surface area contributed by atoms with Crippen LogP contribution in [0, 0.1) is 4.91 Å². The minimum Gasteiger partial charge on any atom is -0.268 e. The van der Waals surface area contributed by atoms with Crippen LogP contribution in [0.1, 0.15) is 5.56 Å². The van der Waals surface area contributed by atoms with E-state index >= 15 is 0 Å². The molecule has 5 nitrogen and oxygen atoms in total. The van der Waals surface area contributed by atoms with Gasteiger partial charge in [0.05, 0.1) is 12.2 Å². The molecule has 0 N–H and O–H groups in total. The van der Waals surface area contributed by atoms with Crippen molar-refractivity contribution < 1.29 is 0 Å². The zero-order valence-corrected chi connectivity index (χ0v) is 12.8. The zero-order chi connectivity index (χ0) is 16.2. The third kappa shape index (κ3) is 3.52. The molecule has 114 valence electrons. The van der Waals surface area contributed by atoms with E-state index in [0.29, 0.717) is 16.4 Å². The Morgan fingerprint density at radius 3 is 2.57 bits per heavy atom. The lowest BCUT2D eigenvalue weighted by atomic mass is 10.1. The van der Waals surface area contributed by atoms with Crippen molar-refractivity contribution in [1.29, 1.82) is 0 Å². The molecule has 3 rings (SSSR count). The highest BCUT2D eigenvalue weighted by Crippen LogP contribution is 2.19. The van der Waals surface area contributed by atoms with Gasteiger partial charge in [0.1, 0.15) is 5.69 Å². The van der Waals surface area contributed by atoms with Gasteiger partial charge in [0.25, 0.3) is 5.56 Å². The molecule has 0 amide bonds. The second kappa shape index (κ2) is 6.54. The molecule has 0 unspecified atom stereocenters. The van der Waals surface area contributed by atoms with E-state index in [2.05, 4.69) is 10.3 Å². The lowest BCUT2D eigenvalue weighted by Crippen LogP contribution is -2.22. The van der Waals surface area contributed by atoms with Gasteiger partial charge in [-0.15, -0.1) is 4.91 Å². The number of hydrogen-bond donors (Lipinski definition) is 0. The molecule has 0 saturated heterocycles. The maximum atomic E-state index is 12.0. The minimum atomic E-state index is -0.216. The summed E-state index contributed by atoms with van der Waals surface area (Å²) in [6, 6.07) is 17.2. The standard InChI is InChI=1S/C17H12ClN3O2/c18-14-6-4-13(5-7-14)16-8-9-17(22)21(19-16)11-12-2-1-3-15(10-12)20-23/h1-10H,11H2. The van der Waals surface area contributed by atoms with E-state index in [0.717, 1.165) is 11.1 Å². The Kier molecular flexibility index (Phi) is 4.30. The summed E-state index contributed by atoms with van der Waals surface area (Å²) < 4.78 is 1.36. The van der Waals surface area contributed by atoms with Gasteiger partial charge in [-0.2, -0.15) is 5.10 Å².